The highest BCUT2D eigenvalue weighted by molar-refractivity contribution is 5.80. The number of carbonyl (C=O) groups is 1. The quantitative estimate of drug-likeness (QED) is 0.912. The van der Waals surface area contributed by atoms with Gasteiger partial charge < -0.3 is 10.0 Å². The summed E-state index contributed by atoms with van der Waals surface area (Å²) in [7, 11) is 1.98. The number of aromatic hydroxyl groups is 1. The molecule has 0 aromatic heterocycles. The Morgan fingerprint density at radius 3 is 2.48 bits per heavy atom. The monoisotopic (exact) mass is 336 g/mol. The number of amides is 1. The van der Waals surface area contributed by atoms with Gasteiger partial charge in [-0.3, -0.25) is 9.69 Å². The molecule has 1 amide bonds. The SMILES string of the molecule is CN(CC(=O)N1CC=C(c2ccc(O)cc2)CC1)Cc1ccccc1. The molecule has 0 saturated carbocycles. The zero-order valence-corrected chi connectivity index (χ0v) is 14.6. The number of phenols is 1. The molecule has 130 valence electrons. The minimum atomic E-state index is 0.166. The fourth-order valence-electron chi connectivity index (χ4n) is 3.12. The second kappa shape index (κ2) is 7.99. The molecule has 0 aliphatic carbocycles. The minimum Gasteiger partial charge on any atom is -0.508 e. The Balaban J connectivity index is 1.53. The highest BCUT2D eigenvalue weighted by atomic mass is 16.3. The van der Waals surface area contributed by atoms with Crippen LogP contribution in [-0.4, -0.2) is 47.5 Å². The Hall–Kier alpha value is -2.59. The molecular formula is C21H24N2O2. The molecule has 2 aromatic carbocycles. The Labute approximate surface area is 149 Å². The molecule has 0 radical (unpaired) electrons. The van der Waals surface area contributed by atoms with E-state index < -0.39 is 0 Å². The van der Waals surface area contributed by atoms with Crippen molar-refractivity contribution in [2.24, 2.45) is 0 Å². The van der Waals surface area contributed by atoms with Crippen LogP contribution < -0.4 is 0 Å². The van der Waals surface area contributed by atoms with Gasteiger partial charge in [0.1, 0.15) is 5.75 Å². The molecular weight excluding hydrogens is 312 g/mol. The number of hydrogen-bond acceptors (Lipinski definition) is 3. The highest BCUT2D eigenvalue weighted by Gasteiger charge is 2.19. The van der Waals surface area contributed by atoms with Gasteiger partial charge in [-0.05, 0) is 42.3 Å². The average molecular weight is 336 g/mol. The molecule has 1 N–H and O–H groups in total. The van der Waals surface area contributed by atoms with E-state index in [9.17, 15) is 9.90 Å². The zero-order chi connectivity index (χ0) is 17.6. The number of likely N-dealkylation sites (N-methyl/N-ethyl adjacent to an activating group) is 1. The number of hydrogen-bond donors (Lipinski definition) is 1. The number of nitrogens with zero attached hydrogens (tertiary/aromatic N) is 2. The molecule has 2 aromatic rings. The van der Waals surface area contributed by atoms with Crippen LogP contribution in [0.1, 0.15) is 17.5 Å². The number of rotatable bonds is 5. The van der Waals surface area contributed by atoms with Gasteiger partial charge in [0, 0.05) is 19.6 Å². The van der Waals surface area contributed by atoms with Crippen LogP contribution in [0.5, 0.6) is 5.75 Å². The fourth-order valence-corrected chi connectivity index (χ4v) is 3.12. The van der Waals surface area contributed by atoms with Gasteiger partial charge in [0.25, 0.3) is 0 Å². The number of phenolic OH excluding ortho intramolecular Hbond substituents is 1. The summed E-state index contributed by atoms with van der Waals surface area (Å²) in [6.45, 7) is 2.59. The maximum atomic E-state index is 12.5. The van der Waals surface area contributed by atoms with Gasteiger partial charge in [-0.1, -0.05) is 48.5 Å². The fraction of sp³-hybridized carbons (Fsp3) is 0.286. The van der Waals surface area contributed by atoms with Gasteiger partial charge in [0.15, 0.2) is 0 Å². The summed E-state index contributed by atoms with van der Waals surface area (Å²) in [6, 6.07) is 17.4. The molecule has 1 aliphatic rings. The summed E-state index contributed by atoms with van der Waals surface area (Å²) in [5, 5.41) is 9.38. The molecule has 0 unspecified atom stereocenters. The summed E-state index contributed by atoms with van der Waals surface area (Å²) in [5.74, 6) is 0.442. The molecule has 4 heteroatoms. The average Bonchev–Trinajstić information content (AvgIpc) is 2.63. The van der Waals surface area contributed by atoms with Crippen molar-refractivity contribution in [2.75, 3.05) is 26.7 Å². The number of benzene rings is 2. The molecule has 3 rings (SSSR count). The molecule has 0 atom stereocenters. The van der Waals surface area contributed by atoms with Gasteiger partial charge in [0.05, 0.1) is 6.54 Å². The summed E-state index contributed by atoms with van der Waals surface area (Å²) in [5.41, 5.74) is 3.57. The van der Waals surface area contributed by atoms with Crippen LogP contribution in [0.3, 0.4) is 0 Å². The largest absolute Gasteiger partial charge is 0.508 e. The normalized spacial score (nSPS) is 14.5. The van der Waals surface area contributed by atoms with Crippen LogP contribution in [0, 0.1) is 0 Å². The van der Waals surface area contributed by atoms with Crippen molar-refractivity contribution in [3.05, 3.63) is 71.8 Å². The molecule has 0 saturated heterocycles. The molecule has 4 nitrogen and oxygen atoms in total. The standard InChI is InChI=1S/C21H24N2O2/c1-22(15-17-5-3-2-4-6-17)16-21(25)23-13-11-19(12-14-23)18-7-9-20(24)10-8-18/h2-11,24H,12-16H2,1H3. The molecule has 0 bridgehead atoms. The highest BCUT2D eigenvalue weighted by Crippen LogP contribution is 2.24. The third kappa shape index (κ3) is 4.70. The van der Waals surface area contributed by atoms with Crippen molar-refractivity contribution < 1.29 is 9.90 Å². The van der Waals surface area contributed by atoms with E-state index in [1.54, 1.807) is 12.1 Å². The summed E-state index contributed by atoms with van der Waals surface area (Å²) in [4.78, 5) is 16.5. The Kier molecular flexibility index (Phi) is 5.51. The van der Waals surface area contributed by atoms with Crippen molar-refractivity contribution in [1.82, 2.24) is 9.80 Å². The second-order valence-electron chi connectivity index (χ2n) is 6.52. The smallest absolute Gasteiger partial charge is 0.237 e. The Morgan fingerprint density at radius 1 is 1.12 bits per heavy atom. The van der Waals surface area contributed by atoms with E-state index in [1.807, 2.05) is 42.3 Å². The zero-order valence-electron chi connectivity index (χ0n) is 14.6. The van der Waals surface area contributed by atoms with E-state index in [4.69, 9.17) is 0 Å². The van der Waals surface area contributed by atoms with E-state index >= 15 is 0 Å². The van der Waals surface area contributed by atoms with E-state index in [0.717, 1.165) is 25.1 Å². The van der Waals surface area contributed by atoms with Crippen LogP contribution in [0.25, 0.3) is 5.57 Å². The first-order valence-electron chi connectivity index (χ1n) is 8.60. The van der Waals surface area contributed by atoms with Gasteiger partial charge in [-0.25, -0.2) is 0 Å². The van der Waals surface area contributed by atoms with Gasteiger partial charge in [0.2, 0.25) is 5.91 Å². The van der Waals surface area contributed by atoms with Crippen LogP contribution in [0.4, 0.5) is 0 Å². The second-order valence-corrected chi connectivity index (χ2v) is 6.52. The van der Waals surface area contributed by atoms with Crippen molar-refractivity contribution in [3.8, 4) is 5.75 Å². The van der Waals surface area contributed by atoms with Crippen LogP contribution in [0.2, 0.25) is 0 Å². The third-order valence-electron chi connectivity index (χ3n) is 4.50. The first-order chi connectivity index (χ1) is 12.1. The van der Waals surface area contributed by atoms with Crippen molar-refractivity contribution in [3.63, 3.8) is 0 Å². The summed E-state index contributed by atoms with van der Waals surface area (Å²) >= 11 is 0. The lowest BCUT2D eigenvalue weighted by atomic mass is 9.99. The summed E-state index contributed by atoms with van der Waals surface area (Å²) < 4.78 is 0. The van der Waals surface area contributed by atoms with E-state index in [-0.39, 0.29) is 11.7 Å². The van der Waals surface area contributed by atoms with Crippen molar-refractivity contribution in [2.45, 2.75) is 13.0 Å². The first-order valence-corrected chi connectivity index (χ1v) is 8.60. The first kappa shape index (κ1) is 17.2. The van der Waals surface area contributed by atoms with Crippen LogP contribution in [-0.2, 0) is 11.3 Å². The molecule has 0 fully saturated rings. The van der Waals surface area contributed by atoms with Gasteiger partial charge in [-0.2, -0.15) is 0 Å². The molecule has 0 spiro atoms. The Morgan fingerprint density at radius 2 is 1.84 bits per heavy atom. The van der Waals surface area contributed by atoms with E-state index in [2.05, 4.69) is 23.1 Å². The maximum absolute atomic E-state index is 12.5. The van der Waals surface area contributed by atoms with E-state index in [1.165, 1.54) is 11.1 Å². The number of carbonyl (C=O) groups excluding carboxylic acids is 1. The molecule has 1 aliphatic heterocycles. The van der Waals surface area contributed by atoms with Gasteiger partial charge >= 0.3 is 0 Å². The maximum Gasteiger partial charge on any atom is 0.237 e. The van der Waals surface area contributed by atoms with Crippen molar-refractivity contribution in [1.29, 1.82) is 0 Å². The minimum absolute atomic E-state index is 0.166. The van der Waals surface area contributed by atoms with E-state index in [0.29, 0.717) is 13.1 Å². The topological polar surface area (TPSA) is 43.8 Å². The Bertz CT molecular complexity index is 738. The third-order valence-corrected chi connectivity index (χ3v) is 4.50. The van der Waals surface area contributed by atoms with Crippen LogP contribution in [0.15, 0.2) is 60.7 Å². The van der Waals surface area contributed by atoms with Crippen LogP contribution >= 0.6 is 0 Å². The summed E-state index contributed by atoms with van der Waals surface area (Å²) in [6.07, 6.45) is 2.96. The predicted octanol–water partition coefficient (Wildman–Crippen LogP) is 3.14. The lowest BCUT2D eigenvalue weighted by Gasteiger charge is -2.28. The predicted molar refractivity (Wildman–Crippen MR) is 100 cm³/mol. The molecule has 25 heavy (non-hydrogen) atoms. The molecule has 1 heterocycles. The lowest BCUT2D eigenvalue weighted by molar-refractivity contribution is -0.131. The lowest BCUT2D eigenvalue weighted by Crippen LogP contribution is -2.40. The van der Waals surface area contributed by atoms with Crippen molar-refractivity contribution >= 4 is 11.5 Å². The van der Waals surface area contributed by atoms with Gasteiger partial charge in [-0.15, -0.1) is 0 Å².